The van der Waals surface area contributed by atoms with Crippen molar-refractivity contribution in [1.82, 2.24) is 0 Å². The number of esters is 1. The Morgan fingerprint density at radius 3 is 2.35 bits per heavy atom. The fraction of sp³-hybridized carbons (Fsp3) is 0.364. The molecule has 0 fully saturated rings. The van der Waals surface area contributed by atoms with Gasteiger partial charge in [0.15, 0.2) is 0 Å². The summed E-state index contributed by atoms with van der Waals surface area (Å²) in [4.78, 5) is 11.4. The molecule has 1 aromatic rings. The molecule has 1 aromatic carbocycles. The normalized spacial score (nSPS) is 11.7. The summed E-state index contributed by atoms with van der Waals surface area (Å²) in [6.07, 6.45) is -5.30. The largest absolute Gasteiger partial charge is 0.459 e. The highest BCUT2D eigenvalue weighted by atomic mass is 19.4. The number of alkyl halides is 3. The first kappa shape index (κ1) is 13.5. The fourth-order valence-corrected chi connectivity index (χ4v) is 1.21. The van der Waals surface area contributed by atoms with Crippen molar-refractivity contribution < 1.29 is 27.1 Å². The van der Waals surface area contributed by atoms with Crippen LogP contribution in [0.2, 0.25) is 0 Å². The van der Waals surface area contributed by atoms with E-state index in [1.165, 1.54) is 13.8 Å². The molecule has 0 heterocycles. The zero-order chi connectivity index (χ0) is 13.2. The van der Waals surface area contributed by atoms with Gasteiger partial charge in [0.25, 0.3) is 0 Å². The number of rotatable bonds is 2. The maximum atomic E-state index is 12.9. The minimum Gasteiger partial charge on any atom is -0.459 e. The SMILES string of the molecule is CC(C)OC(=O)c1cc(F)ccc1C(F)(F)F. The Bertz CT molecular complexity index is 424. The van der Waals surface area contributed by atoms with Crippen LogP contribution in [0.15, 0.2) is 18.2 Å². The van der Waals surface area contributed by atoms with Crippen LogP contribution in [-0.4, -0.2) is 12.1 Å². The van der Waals surface area contributed by atoms with E-state index in [4.69, 9.17) is 0 Å². The Kier molecular flexibility index (Phi) is 3.75. The molecule has 0 aromatic heterocycles. The molecule has 0 aliphatic heterocycles. The molecule has 0 spiro atoms. The second-order valence-electron chi connectivity index (χ2n) is 3.64. The van der Waals surface area contributed by atoms with Gasteiger partial charge in [0.1, 0.15) is 5.82 Å². The van der Waals surface area contributed by atoms with Gasteiger partial charge in [-0.3, -0.25) is 0 Å². The molecule has 0 unspecified atom stereocenters. The van der Waals surface area contributed by atoms with Crippen LogP contribution in [0.5, 0.6) is 0 Å². The minimum atomic E-state index is -4.72. The van der Waals surface area contributed by atoms with E-state index < -0.39 is 35.2 Å². The molecular formula is C11H10F4O2. The van der Waals surface area contributed by atoms with Gasteiger partial charge in [0.05, 0.1) is 17.2 Å². The molecule has 0 atom stereocenters. The molecule has 0 aliphatic carbocycles. The highest BCUT2D eigenvalue weighted by Gasteiger charge is 2.36. The molecule has 0 N–H and O–H groups in total. The van der Waals surface area contributed by atoms with E-state index in [-0.39, 0.29) is 0 Å². The number of halogens is 4. The predicted molar refractivity (Wildman–Crippen MR) is 52.0 cm³/mol. The second-order valence-corrected chi connectivity index (χ2v) is 3.64. The monoisotopic (exact) mass is 250 g/mol. The summed E-state index contributed by atoms with van der Waals surface area (Å²) in [5.41, 5.74) is -2.02. The van der Waals surface area contributed by atoms with E-state index >= 15 is 0 Å². The van der Waals surface area contributed by atoms with Gasteiger partial charge >= 0.3 is 12.1 Å². The molecule has 0 aliphatic rings. The van der Waals surface area contributed by atoms with E-state index in [0.29, 0.717) is 18.2 Å². The molecular weight excluding hydrogens is 240 g/mol. The summed E-state index contributed by atoms with van der Waals surface area (Å²) in [6.45, 7) is 2.98. The molecule has 17 heavy (non-hydrogen) atoms. The number of benzene rings is 1. The standard InChI is InChI=1S/C11H10F4O2/c1-6(2)17-10(16)8-5-7(12)3-4-9(8)11(13,14)15/h3-6H,1-2H3. The lowest BCUT2D eigenvalue weighted by atomic mass is 10.1. The van der Waals surface area contributed by atoms with Gasteiger partial charge in [-0.05, 0) is 32.0 Å². The van der Waals surface area contributed by atoms with Crippen LogP contribution < -0.4 is 0 Å². The Morgan fingerprint density at radius 1 is 1.29 bits per heavy atom. The molecule has 1 rings (SSSR count). The van der Waals surface area contributed by atoms with Crippen LogP contribution in [0.4, 0.5) is 17.6 Å². The Balaban J connectivity index is 3.21. The van der Waals surface area contributed by atoms with E-state index in [1.807, 2.05) is 0 Å². The van der Waals surface area contributed by atoms with Crippen LogP contribution >= 0.6 is 0 Å². The second kappa shape index (κ2) is 4.73. The summed E-state index contributed by atoms with van der Waals surface area (Å²) in [7, 11) is 0. The maximum Gasteiger partial charge on any atom is 0.417 e. The molecule has 2 nitrogen and oxygen atoms in total. The third-order valence-corrected chi connectivity index (χ3v) is 1.85. The van der Waals surface area contributed by atoms with Crippen LogP contribution in [-0.2, 0) is 10.9 Å². The van der Waals surface area contributed by atoms with Gasteiger partial charge in [-0.1, -0.05) is 0 Å². The zero-order valence-corrected chi connectivity index (χ0v) is 9.14. The number of hydrogen-bond donors (Lipinski definition) is 0. The van der Waals surface area contributed by atoms with Crippen molar-refractivity contribution >= 4 is 5.97 Å². The minimum absolute atomic E-state index is 0.520. The first-order valence-corrected chi connectivity index (χ1v) is 4.79. The molecule has 94 valence electrons. The molecule has 0 saturated carbocycles. The number of hydrogen-bond acceptors (Lipinski definition) is 2. The smallest absolute Gasteiger partial charge is 0.417 e. The van der Waals surface area contributed by atoms with Gasteiger partial charge in [0, 0.05) is 0 Å². The predicted octanol–water partition coefficient (Wildman–Crippen LogP) is 3.41. The van der Waals surface area contributed by atoms with Gasteiger partial charge in [-0.25, -0.2) is 9.18 Å². The van der Waals surface area contributed by atoms with Crippen molar-refractivity contribution in [3.63, 3.8) is 0 Å². The topological polar surface area (TPSA) is 26.3 Å². The Labute approximate surface area is 95.2 Å². The van der Waals surface area contributed by atoms with Crippen molar-refractivity contribution in [1.29, 1.82) is 0 Å². The lowest BCUT2D eigenvalue weighted by Crippen LogP contribution is -2.18. The third-order valence-electron chi connectivity index (χ3n) is 1.85. The lowest BCUT2D eigenvalue weighted by molar-refractivity contribution is -0.138. The number of carbonyl (C=O) groups is 1. The lowest BCUT2D eigenvalue weighted by Gasteiger charge is -2.13. The first-order valence-electron chi connectivity index (χ1n) is 4.79. The van der Waals surface area contributed by atoms with Crippen molar-refractivity contribution in [2.24, 2.45) is 0 Å². The highest BCUT2D eigenvalue weighted by molar-refractivity contribution is 5.91. The molecule has 0 amide bonds. The number of ether oxygens (including phenoxy) is 1. The Hall–Kier alpha value is -1.59. The summed E-state index contributed by atoms with van der Waals surface area (Å²) >= 11 is 0. The van der Waals surface area contributed by atoms with Crippen molar-refractivity contribution in [3.05, 3.63) is 35.1 Å². The van der Waals surface area contributed by atoms with Gasteiger partial charge in [-0.15, -0.1) is 0 Å². The molecule has 0 bridgehead atoms. The van der Waals surface area contributed by atoms with Gasteiger partial charge < -0.3 is 4.74 Å². The average molecular weight is 250 g/mol. The van der Waals surface area contributed by atoms with Crippen LogP contribution in [0.25, 0.3) is 0 Å². The zero-order valence-electron chi connectivity index (χ0n) is 9.14. The molecule has 6 heteroatoms. The first-order chi connectivity index (χ1) is 7.71. The highest BCUT2D eigenvalue weighted by Crippen LogP contribution is 2.32. The van der Waals surface area contributed by atoms with Crippen molar-refractivity contribution in [2.45, 2.75) is 26.1 Å². The van der Waals surface area contributed by atoms with Gasteiger partial charge in [0.2, 0.25) is 0 Å². The van der Waals surface area contributed by atoms with E-state index in [9.17, 15) is 22.4 Å². The molecule has 0 saturated heterocycles. The quantitative estimate of drug-likeness (QED) is 0.594. The summed E-state index contributed by atoms with van der Waals surface area (Å²) in [5.74, 6) is -2.11. The van der Waals surface area contributed by atoms with E-state index in [2.05, 4.69) is 4.74 Å². The van der Waals surface area contributed by atoms with Crippen molar-refractivity contribution in [3.8, 4) is 0 Å². The average Bonchev–Trinajstić information content (AvgIpc) is 2.14. The van der Waals surface area contributed by atoms with E-state index in [1.54, 1.807) is 0 Å². The summed E-state index contributed by atoms with van der Waals surface area (Å²) in [6, 6.07) is 1.69. The van der Waals surface area contributed by atoms with Crippen molar-refractivity contribution in [2.75, 3.05) is 0 Å². The summed E-state index contributed by atoms with van der Waals surface area (Å²) in [5, 5.41) is 0. The van der Waals surface area contributed by atoms with Crippen LogP contribution in [0.1, 0.15) is 29.8 Å². The molecule has 0 radical (unpaired) electrons. The van der Waals surface area contributed by atoms with E-state index in [0.717, 1.165) is 0 Å². The number of carbonyl (C=O) groups excluding carboxylic acids is 1. The maximum absolute atomic E-state index is 12.9. The summed E-state index contributed by atoms with van der Waals surface area (Å²) < 4.78 is 55.1. The fourth-order valence-electron chi connectivity index (χ4n) is 1.21. The van der Waals surface area contributed by atoms with Crippen LogP contribution in [0, 0.1) is 5.82 Å². The van der Waals surface area contributed by atoms with Crippen LogP contribution in [0.3, 0.4) is 0 Å². The van der Waals surface area contributed by atoms with Gasteiger partial charge in [-0.2, -0.15) is 13.2 Å². The third kappa shape index (κ3) is 3.44. The Morgan fingerprint density at radius 2 is 1.88 bits per heavy atom.